The van der Waals surface area contributed by atoms with Gasteiger partial charge in [0.15, 0.2) is 0 Å². The number of rotatable bonds is 6. The predicted octanol–water partition coefficient (Wildman–Crippen LogP) is 3.00. The standard InChI is InChI=1S/C14H16ClN3O2/c1-2-19-10-4-3-5-11(8-10)20-9-13-12(15)6-7-14(17-13)18-16/h3-8H,2,9,16H2,1H3,(H,17,18). The first-order chi connectivity index (χ1) is 9.72. The molecule has 2 rings (SSSR count). The molecule has 0 radical (unpaired) electrons. The predicted molar refractivity (Wildman–Crippen MR) is 79.0 cm³/mol. The largest absolute Gasteiger partial charge is 0.494 e. The number of nitrogens with two attached hydrogens (primary N) is 1. The zero-order chi connectivity index (χ0) is 14.4. The minimum Gasteiger partial charge on any atom is -0.494 e. The number of anilines is 1. The number of hydrazine groups is 1. The molecule has 0 aliphatic rings. The molecular formula is C14H16ClN3O2. The van der Waals surface area contributed by atoms with Crippen LogP contribution in [0.25, 0.3) is 0 Å². The van der Waals surface area contributed by atoms with Crippen molar-refractivity contribution in [2.24, 2.45) is 5.84 Å². The van der Waals surface area contributed by atoms with Crippen molar-refractivity contribution in [3.05, 3.63) is 47.1 Å². The zero-order valence-electron chi connectivity index (χ0n) is 11.1. The number of nitrogens with zero attached hydrogens (tertiary/aromatic N) is 1. The first-order valence-corrected chi connectivity index (χ1v) is 6.58. The van der Waals surface area contributed by atoms with E-state index >= 15 is 0 Å². The molecule has 0 saturated heterocycles. The normalized spacial score (nSPS) is 10.2. The highest BCUT2D eigenvalue weighted by molar-refractivity contribution is 6.31. The quantitative estimate of drug-likeness (QED) is 0.633. The average Bonchev–Trinajstić information content (AvgIpc) is 2.47. The van der Waals surface area contributed by atoms with Crippen molar-refractivity contribution in [3.8, 4) is 11.5 Å². The van der Waals surface area contributed by atoms with E-state index in [0.717, 1.165) is 5.75 Å². The van der Waals surface area contributed by atoms with Gasteiger partial charge in [-0.25, -0.2) is 10.8 Å². The van der Waals surface area contributed by atoms with Gasteiger partial charge in [0.05, 0.1) is 17.3 Å². The molecule has 3 N–H and O–H groups in total. The fourth-order valence-corrected chi connectivity index (χ4v) is 1.80. The van der Waals surface area contributed by atoms with Crippen LogP contribution >= 0.6 is 11.6 Å². The molecule has 20 heavy (non-hydrogen) atoms. The minimum absolute atomic E-state index is 0.254. The molecule has 5 nitrogen and oxygen atoms in total. The van der Waals surface area contributed by atoms with E-state index in [1.807, 2.05) is 31.2 Å². The van der Waals surface area contributed by atoms with Crippen LogP contribution in [0.4, 0.5) is 5.82 Å². The molecular weight excluding hydrogens is 278 g/mol. The van der Waals surface area contributed by atoms with Gasteiger partial charge in [-0.2, -0.15) is 0 Å². The zero-order valence-corrected chi connectivity index (χ0v) is 11.9. The van der Waals surface area contributed by atoms with E-state index in [0.29, 0.717) is 28.9 Å². The summed E-state index contributed by atoms with van der Waals surface area (Å²) in [4.78, 5) is 4.24. The SMILES string of the molecule is CCOc1cccc(OCc2nc(NN)ccc2Cl)c1. The van der Waals surface area contributed by atoms with Gasteiger partial charge >= 0.3 is 0 Å². The maximum absolute atomic E-state index is 6.06. The van der Waals surface area contributed by atoms with Crippen LogP contribution in [-0.4, -0.2) is 11.6 Å². The highest BCUT2D eigenvalue weighted by Gasteiger charge is 2.05. The fraction of sp³-hybridized carbons (Fsp3) is 0.214. The number of benzene rings is 1. The Bertz CT molecular complexity index is 578. The van der Waals surface area contributed by atoms with Crippen LogP contribution in [0.1, 0.15) is 12.6 Å². The molecule has 0 fully saturated rings. The van der Waals surface area contributed by atoms with Crippen LogP contribution < -0.4 is 20.7 Å². The van der Waals surface area contributed by atoms with E-state index in [4.69, 9.17) is 26.9 Å². The summed E-state index contributed by atoms with van der Waals surface area (Å²) < 4.78 is 11.1. The second-order valence-electron chi connectivity index (χ2n) is 3.97. The first kappa shape index (κ1) is 14.4. The van der Waals surface area contributed by atoms with E-state index in [9.17, 15) is 0 Å². The van der Waals surface area contributed by atoms with E-state index in [1.54, 1.807) is 12.1 Å². The first-order valence-electron chi connectivity index (χ1n) is 6.20. The third-order valence-corrected chi connectivity index (χ3v) is 2.90. The van der Waals surface area contributed by atoms with Gasteiger partial charge in [0, 0.05) is 6.07 Å². The number of ether oxygens (including phenoxy) is 2. The van der Waals surface area contributed by atoms with Crippen molar-refractivity contribution < 1.29 is 9.47 Å². The van der Waals surface area contributed by atoms with Crippen molar-refractivity contribution in [2.45, 2.75) is 13.5 Å². The number of halogens is 1. The lowest BCUT2D eigenvalue weighted by Crippen LogP contribution is -2.10. The number of hydrogen-bond donors (Lipinski definition) is 2. The second kappa shape index (κ2) is 6.98. The van der Waals surface area contributed by atoms with Gasteiger partial charge in [-0.3, -0.25) is 0 Å². The van der Waals surface area contributed by atoms with Gasteiger partial charge in [0.1, 0.15) is 23.9 Å². The monoisotopic (exact) mass is 293 g/mol. The van der Waals surface area contributed by atoms with Crippen molar-refractivity contribution >= 4 is 17.4 Å². The van der Waals surface area contributed by atoms with Gasteiger partial charge in [-0.1, -0.05) is 17.7 Å². The third kappa shape index (κ3) is 3.76. The molecule has 0 bridgehead atoms. The highest BCUT2D eigenvalue weighted by atomic mass is 35.5. The fourth-order valence-electron chi connectivity index (χ4n) is 1.64. The van der Waals surface area contributed by atoms with Crippen LogP contribution in [0.3, 0.4) is 0 Å². The molecule has 0 amide bonds. The molecule has 0 unspecified atom stereocenters. The Kier molecular flexibility index (Phi) is 5.03. The maximum atomic E-state index is 6.06. The molecule has 1 aromatic heterocycles. The number of pyridine rings is 1. The lowest BCUT2D eigenvalue weighted by Gasteiger charge is -2.10. The molecule has 106 valence electrons. The smallest absolute Gasteiger partial charge is 0.140 e. The Morgan fingerprint density at radius 3 is 2.65 bits per heavy atom. The number of hydrogen-bond acceptors (Lipinski definition) is 5. The number of nitrogen functional groups attached to an aromatic ring is 1. The van der Waals surface area contributed by atoms with Crippen LogP contribution in [0.2, 0.25) is 5.02 Å². The Labute approximate surface area is 122 Å². The molecule has 0 spiro atoms. The van der Waals surface area contributed by atoms with Crippen molar-refractivity contribution in [2.75, 3.05) is 12.0 Å². The number of nitrogens with one attached hydrogen (secondary N) is 1. The van der Waals surface area contributed by atoms with Crippen molar-refractivity contribution in [3.63, 3.8) is 0 Å². The lowest BCUT2D eigenvalue weighted by molar-refractivity contribution is 0.295. The molecule has 0 aliphatic carbocycles. The topological polar surface area (TPSA) is 69.4 Å². The molecule has 2 aromatic rings. The summed E-state index contributed by atoms with van der Waals surface area (Å²) in [6, 6.07) is 10.8. The van der Waals surface area contributed by atoms with Gasteiger partial charge in [-0.05, 0) is 31.2 Å². The Morgan fingerprint density at radius 1 is 1.20 bits per heavy atom. The van der Waals surface area contributed by atoms with Gasteiger partial charge in [-0.15, -0.1) is 0 Å². The van der Waals surface area contributed by atoms with Gasteiger partial charge < -0.3 is 14.9 Å². The average molecular weight is 294 g/mol. The van der Waals surface area contributed by atoms with Crippen LogP contribution in [0.5, 0.6) is 11.5 Å². The van der Waals surface area contributed by atoms with E-state index in [-0.39, 0.29) is 6.61 Å². The summed E-state index contributed by atoms with van der Waals surface area (Å²) in [5.41, 5.74) is 3.09. The molecule has 0 atom stereocenters. The summed E-state index contributed by atoms with van der Waals surface area (Å²) in [5, 5.41) is 0.532. The highest BCUT2D eigenvalue weighted by Crippen LogP contribution is 2.22. The Hall–Kier alpha value is -1.98. The molecule has 0 aliphatic heterocycles. The minimum atomic E-state index is 0.254. The summed E-state index contributed by atoms with van der Waals surface area (Å²) >= 11 is 6.06. The molecule has 0 saturated carbocycles. The third-order valence-electron chi connectivity index (χ3n) is 2.56. The summed E-state index contributed by atoms with van der Waals surface area (Å²) in [6.07, 6.45) is 0. The van der Waals surface area contributed by atoms with Crippen LogP contribution in [0, 0.1) is 0 Å². The van der Waals surface area contributed by atoms with E-state index in [1.165, 1.54) is 0 Å². The van der Waals surface area contributed by atoms with Gasteiger partial charge in [0.25, 0.3) is 0 Å². The number of aromatic nitrogens is 1. The van der Waals surface area contributed by atoms with E-state index in [2.05, 4.69) is 10.4 Å². The van der Waals surface area contributed by atoms with Gasteiger partial charge in [0.2, 0.25) is 0 Å². The molecule has 6 heteroatoms. The summed E-state index contributed by atoms with van der Waals surface area (Å²) in [6.45, 7) is 2.80. The molecule has 1 aromatic carbocycles. The van der Waals surface area contributed by atoms with E-state index < -0.39 is 0 Å². The van der Waals surface area contributed by atoms with Crippen molar-refractivity contribution in [1.82, 2.24) is 4.98 Å². The van der Waals surface area contributed by atoms with Crippen LogP contribution in [-0.2, 0) is 6.61 Å². The van der Waals surface area contributed by atoms with Crippen LogP contribution in [0.15, 0.2) is 36.4 Å². The lowest BCUT2D eigenvalue weighted by atomic mass is 10.3. The Balaban J connectivity index is 2.06. The summed E-state index contributed by atoms with van der Waals surface area (Å²) in [5.74, 6) is 7.31. The Morgan fingerprint density at radius 2 is 1.95 bits per heavy atom. The summed E-state index contributed by atoms with van der Waals surface area (Å²) in [7, 11) is 0. The molecule has 1 heterocycles. The maximum Gasteiger partial charge on any atom is 0.140 e. The van der Waals surface area contributed by atoms with Crippen molar-refractivity contribution in [1.29, 1.82) is 0 Å². The second-order valence-corrected chi connectivity index (χ2v) is 4.37.